The standard InChI is InChI=1S/C13H16N4O/c1-9-12(8-17(2)16-9)15-13(18)7-10-4-3-5-11(14)6-10/h3-6,8H,7,14H2,1-2H3,(H,15,18). The first kappa shape index (κ1) is 12.2. The van der Waals surface area contributed by atoms with Crippen LogP contribution in [0.15, 0.2) is 30.5 Å². The molecule has 0 aliphatic rings. The number of nitrogens with zero attached hydrogens (tertiary/aromatic N) is 2. The van der Waals surface area contributed by atoms with E-state index >= 15 is 0 Å². The number of carbonyl (C=O) groups excluding carboxylic acids is 1. The molecule has 2 aromatic rings. The summed E-state index contributed by atoms with van der Waals surface area (Å²) in [6.07, 6.45) is 2.09. The van der Waals surface area contributed by atoms with E-state index in [4.69, 9.17) is 5.73 Å². The van der Waals surface area contributed by atoms with Crippen molar-refractivity contribution in [3.63, 3.8) is 0 Å². The zero-order chi connectivity index (χ0) is 13.1. The minimum absolute atomic E-state index is 0.0725. The highest BCUT2D eigenvalue weighted by atomic mass is 16.1. The van der Waals surface area contributed by atoms with Gasteiger partial charge in [-0.2, -0.15) is 5.10 Å². The van der Waals surface area contributed by atoms with Gasteiger partial charge in [-0.3, -0.25) is 9.48 Å². The van der Waals surface area contributed by atoms with Gasteiger partial charge in [0.25, 0.3) is 0 Å². The van der Waals surface area contributed by atoms with Gasteiger partial charge >= 0.3 is 0 Å². The molecular formula is C13H16N4O. The van der Waals surface area contributed by atoms with E-state index in [0.717, 1.165) is 16.9 Å². The second-order valence-corrected chi connectivity index (χ2v) is 4.27. The lowest BCUT2D eigenvalue weighted by Gasteiger charge is -2.04. The molecule has 18 heavy (non-hydrogen) atoms. The highest BCUT2D eigenvalue weighted by Gasteiger charge is 2.08. The fourth-order valence-corrected chi connectivity index (χ4v) is 1.81. The Bertz CT molecular complexity index is 574. The third kappa shape index (κ3) is 2.88. The van der Waals surface area contributed by atoms with Gasteiger partial charge in [-0.05, 0) is 24.6 Å². The summed E-state index contributed by atoms with van der Waals surface area (Å²) in [4.78, 5) is 11.9. The van der Waals surface area contributed by atoms with Crippen molar-refractivity contribution in [2.24, 2.45) is 7.05 Å². The first-order chi connectivity index (χ1) is 8.54. The normalized spacial score (nSPS) is 10.3. The number of benzene rings is 1. The minimum atomic E-state index is -0.0725. The molecule has 0 saturated carbocycles. The van der Waals surface area contributed by atoms with E-state index in [9.17, 15) is 4.79 Å². The van der Waals surface area contributed by atoms with E-state index < -0.39 is 0 Å². The van der Waals surface area contributed by atoms with Gasteiger partial charge in [0.05, 0.1) is 17.8 Å². The van der Waals surface area contributed by atoms with Crippen molar-refractivity contribution in [3.05, 3.63) is 41.7 Å². The van der Waals surface area contributed by atoms with Crippen LogP contribution in [0.1, 0.15) is 11.3 Å². The van der Waals surface area contributed by atoms with Crippen molar-refractivity contribution in [2.75, 3.05) is 11.1 Å². The predicted molar refractivity (Wildman–Crippen MR) is 71.1 cm³/mol. The molecule has 0 saturated heterocycles. The van der Waals surface area contributed by atoms with Gasteiger partial charge in [0.1, 0.15) is 0 Å². The van der Waals surface area contributed by atoms with Crippen LogP contribution in [0.4, 0.5) is 11.4 Å². The Morgan fingerprint density at radius 3 is 2.89 bits per heavy atom. The Balaban J connectivity index is 2.03. The number of nitrogens with one attached hydrogen (secondary N) is 1. The maximum absolute atomic E-state index is 11.9. The van der Waals surface area contributed by atoms with Gasteiger partial charge in [-0.25, -0.2) is 0 Å². The first-order valence-electron chi connectivity index (χ1n) is 5.69. The second kappa shape index (κ2) is 4.91. The Morgan fingerprint density at radius 2 is 2.28 bits per heavy atom. The highest BCUT2D eigenvalue weighted by molar-refractivity contribution is 5.92. The summed E-state index contributed by atoms with van der Waals surface area (Å²) in [5, 5.41) is 7.00. The maximum Gasteiger partial charge on any atom is 0.228 e. The summed E-state index contributed by atoms with van der Waals surface area (Å²) in [6, 6.07) is 7.32. The molecule has 1 aromatic carbocycles. The number of aromatic nitrogens is 2. The van der Waals surface area contributed by atoms with Crippen LogP contribution in [0, 0.1) is 6.92 Å². The molecule has 0 radical (unpaired) electrons. The average molecular weight is 244 g/mol. The van der Waals surface area contributed by atoms with Gasteiger partial charge in [0.2, 0.25) is 5.91 Å². The van der Waals surface area contributed by atoms with Crippen LogP contribution in [0.2, 0.25) is 0 Å². The summed E-state index contributed by atoms with van der Waals surface area (Å²) in [6.45, 7) is 1.86. The lowest BCUT2D eigenvalue weighted by Crippen LogP contribution is -2.14. The summed E-state index contributed by atoms with van der Waals surface area (Å²) in [5.41, 5.74) is 8.78. The molecule has 0 fully saturated rings. The van der Waals surface area contributed by atoms with E-state index in [1.165, 1.54) is 0 Å². The van der Waals surface area contributed by atoms with E-state index in [-0.39, 0.29) is 5.91 Å². The Labute approximate surface area is 106 Å². The van der Waals surface area contributed by atoms with Crippen molar-refractivity contribution in [1.82, 2.24) is 9.78 Å². The van der Waals surface area contributed by atoms with Gasteiger partial charge in [0.15, 0.2) is 0 Å². The maximum atomic E-state index is 11.9. The van der Waals surface area contributed by atoms with Gasteiger partial charge in [-0.1, -0.05) is 12.1 Å². The molecule has 2 rings (SSSR count). The summed E-state index contributed by atoms with van der Waals surface area (Å²) < 4.78 is 1.67. The fourth-order valence-electron chi connectivity index (χ4n) is 1.81. The summed E-state index contributed by atoms with van der Waals surface area (Å²) >= 11 is 0. The van der Waals surface area contributed by atoms with E-state index in [1.807, 2.05) is 26.1 Å². The number of rotatable bonds is 3. The number of nitrogens with two attached hydrogens (primary N) is 1. The number of aryl methyl sites for hydroxylation is 2. The number of anilines is 2. The van der Waals surface area contributed by atoms with Crippen LogP contribution in [0.25, 0.3) is 0 Å². The van der Waals surface area contributed by atoms with Crippen molar-refractivity contribution in [3.8, 4) is 0 Å². The van der Waals surface area contributed by atoms with E-state index in [1.54, 1.807) is 23.0 Å². The van der Waals surface area contributed by atoms with Crippen molar-refractivity contribution >= 4 is 17.3 Å². The molecular weight excluding hydrogens is 228 g/mol. The number of nitrogen functional groups attached to an aromatic ring is 1. The molecule has 0 aliphatic carbocycles. The SMILES string of the molecule is Cc1nn(C)cc1NC(=O)Cc1cccc(N)c1. The predicted octanol–water partition coefficient (Wildman–Crippen LogP) is 1.49. The molecule has 5 heteroatoms. The van der Waals surface area contributed by atoms with E-state index in [2.05, 4.69) is 10.4 Å². The van der Waals surface area contributed by atoms with Gasteiger partial charge in [0, 0.05) is 18.9 Å². The van der Waals surface area contributed by atoms with Gasteiger partial charge in [-0.15, -0.1) is 0 Å². The second-order valence-electron chi connectivity index (χ2n) is 4.27. The molecule has 0 aliphatic heterocycles. The Hall–Kier alpha value is -2.30. The number of amides is 1. The number of hydrogen-bond acceptors (Lipinski definition) is 3. The lowest BCUT2D eigenvalue weighted by atomic mass is 10.1. The molecule has 1 heterocycles. The lowest BCUT2D eigenvalue weighted by molar-refractivity contribution is -0.115. The van der Waals surface area contributed by atoms with Crippen molar-refractivity contribution in [1.29, 1.82) is 0 Å². The van der Waals surface area contributed by atoms with Crippen LogP contribution in [0.5, 0.6) is 0 Å². The third-order valence-corrected chi connectivity index (χ3v) is 2.60. The molecule has 0 bridgehead atoms. The highest BCUT2D eigenvalue weighted by Crippen LogP contribution is 2.13. The van der Waals surface area contributed by atoms with Crippen molar-refractivity contribution in [2.45, 2.75) is 13.3 Å². The zero-order valence-corrected chi connectivity index (χ0v) is 10.5. The summed E-state index contributed by atoms with van der Waals surface area (Å²) in [7, 11) is 1.82. The molecule has 1 amide bonds. The molecule has 1 aromatic heterocycles. The van der Waals surface area contributed by atoms with Crippen molar-refractivity contribution < 1.29 is 4.79 Å². The van der Waals surface area contributed by atoms with Crippen LogP contribution >= 0.6 is 0 Å². The molecule has 94 valence electrons. The molecule has 0 spiro atoms. The number of hydrogen-bond donors (Lipinski definition) is 2. The number of carbonyl (C=O) groups is 1. The Morgan fingerprint density at radius 1 is 1.50 bits per heavy atom. The quantitative estimate of drug-likeness (QED) is 0.803. The van der Waals surface area contributed by atoms with Crippen LogP contribution in [0.3, 0.4) is 0 Å². The first-order valence-corrected chi connectivity index (χ1v) is 5.69. The molecule has 0 atom stereocenters. The average Bonchev–Trinajstić information content (AvgIpc) is 2.57. The fraction of sp³-hybridized carbons (Fsp3) is 0.231. The zero-order valence-electron chi connectivity index (χ0n) is 10.5. The molecule has 3 N–H and O–H groups in total. The third-order valence-electron chi connectivity index (χ3n) is 2.60. The summed E-state index contributed by atoms with van der Waals surface area (Å²) in [5.74, 6) is -0.0725. The smallest absolute Gasteiger partial charge is 0.228 e. The topological polar surface area (TPSA) is 72.9 Å². The Kier molecular flexibility index (Phi) is 3.32. The van der Waals surface area contributed by atoms with E-state index in [0.29, 0.717) is 12.1 Å². The van der Waals surface area contributed by atoms with Gasteiger partial charge < -0.3 is 11.1 Å². The van der Waals surface area contributed by atoms with Crippen LogP contribution < -0.4 is 11.1 Å². The monoisotopic (exact) mass is 244 g/mol. The van der Waals surface area contributed by atoms with Crippen LogP contribution in [-0.2, 0) is 18.3 Å². The molecule has 5 nitrogen and oxygen atoms in total. The minimum Gasteiger partial charge on any atom is -0.399 e. The van der Waals surface area contributed by atoms with Crippen LogP contribution in [-0.4, -0.2) is 15.7 Å². The molecule has 0 unspecified atom stereocenters. The largest absolute Gasteiger partial charge is 0.399 e.